The molecule has 0 spiro atoms. The van der Waals surface area contributed by atoms with Crippen LogP contribution in [0.5, 0.6) is 0 Å². The summed E-state index contributed by atoms with van der Waals surface area (Å²) in [6.45, 7) is 3.43. The summed E-state index contributed by atoms with van der Waals surface area (Å²) in [7, 11) is 0. The van der Waals surface area contributed by atoms with Crippen LogP contribution in [-0.4, -0.2) is 22.7 Å². The second-order valence-electron chi connectivity index (χ2n) is 5.62. The summed E-state index contributed by atoms with van der Waals surface area (Å²) in [6, 6.07) is 10.5. The lowest BCUT2D eigenvalue weighted by molar-refractivity contribution is 0.0899. The van der Waals surface area contributed by atoms with Crippen LogP contribution in [0.4, 0.5) is 0 Å². The third kappa shape index (κ3) is 3.60. The molecule has 2 aromatic heterocycles. The van der Waals surface area contributed by atoms with Crippen LogP contribution in [0.2, 0.25) is 5.02 Å². The van der Waals surface area contributed by atoms with E-state index in [4.69, 9.17) is 20.5 Å². The first-order valence-electron chi connectivity index (χ1n) is 7.71. The van der Waals surface area contributed by atoms with E-state index in [2.05, 4.69) is 10.5 Å². The minimum Gasteiger partial charge on any atom is -0.464 e. The third-order valence-corrected chi connectivity index (χ3v) is 4.09. The van der Waals surface area contributed by atoms with Crippen LogP contribution in [0.15, 0.2) is 45.3 Å². The number of rotatable bonds is 5. The standard InChI is InChI=1S/C18H17ClN2O4/c1-10-7-8-15(24-10)14(22)9-20-18(23)16-11(2)25-21-17(16)12-5-3-4-6-13(12)19/h3-8,14,22H,9H2,1-2H3,(H,20,23)/t14-/m0/s1. The Morgan fingerprint density at radius 2 is 2.04 bits per heavy atom. The van der Waals surface area contributed by atoms with E-state index in [1.54, 1.807) is 50.2 Å². The molecule has 0 aliphatic carbocycles. The zero-order valence-electron chi connectivity index (χ0n) is 13.7. The van der Waals surface area contributed by atoms with Gasteiger partial charge in [-0.3, -0.25) is 4.79 Å². The average molecular weight is 361 g/mol. The van der Waals surface area contributed by atoms with E-state index in [1.807, 2.05) is 0 Å². The smallest absolute Gasteiger partial charge is 0.257 e. The van der Waals surface area contributed by atoms with Gasteiger partial charge in [0.05, 0.1) is 11.6 Å². The maximum Gasteiger partial charge on any atom is 0.257 e. The zero-order valence-corrected chi connectivity index (χ0v) is 14.5. The number of hydrogen-bond acceptors (Lipinski definition) is 5. The van der Waals surface area contributed by atoms with E-state index in [0.29, 0.717) is 33.6 Å². The lowest BCUT2D eigenvalue weighted by Gasteiger charge is -2.10. The molecule has 1 aromatic carbocycles. The Bertz CT molecular complexity index is 900. The number of nitrogens with one attached hydrogen (secondary N) is 1. The highest BCUT2D eigenvalue weighted by molar-refractivity contribution is 6.33. The predicted molar refractivity (Wildman–Crippen MR) is 92.4 cm³/mol. The van der Waals surface area contributed by atoms with Gasteiger partial charge >= 0.3 is 0 Å². The van der Waals surface area contributed by atoms with Gasteiger partial charge in [-0.2, -0.15) is 0 Å². The van der Waals surface area contributed by atoms with Crippen LogP contribution in [-0.2, 0) is 0 Å². The highest BCUT2D eigenvalue weighted by atomic mass is 35.5. The zero-order chi connectivity index (χ0) is 18.0. The summed E-state index contributed by atoms with van der Waals surface area (Å²) in [5.41, 5.74) is 1.26. The molecule has 3 aromatic rings. The largest absolute Gasteiger partial charge is 0.464 e. The summed E-state index contributed by atoms with van der Waals surface area (Å²) >= 11 is 6.19. The van der Waals surface area contributed by atoms with Gasteiger partial charge in [-0.15, -0.1) is 0 Å². The fourth-order valence-corrected chi connectivity index (χ4v) is 2.71. The number of aryl methyl sites for hydroxylation is 2. The normalized spacial score (nSPS) is 12.2. The van der Waals surface area contributed by atoms with Gasteiger partial charge in [-0.05, 0) is 32.0 Å². The third-order valence-electron chi connectivity index (χ3n) is 3.76. The number of aliphatic hydroxyl groups excluding tert-OH is 1. The molecule has 0 radical (unpaired) electrons. The number of halogens is 1. The molecule has 25 heavy (non-hydrogen) atoms. The molecular weight excluding hydrogens is 344 g/mol. The van der Waals surface area contributed by atoms with Crippen LogP contribution >= 0.6 is 11.6 Å². The van der Waals surface area contributed by atoms with Crippen LogP contribution in [0.25, 0.3) is 11.3 Å². The van der Waals surface area contributed by atoms with Crippen molar-refractivity contribution < 1.29 is 18.8 Å². The second kappa shape index (κ2) is 7.13. The molecule has 0 bridgehead atoms. The summed E-state index contributed by atoms with van der Waals surface area (Å²) in [5, 5.41) is 17.2. The molecule has 6 nitrogen and oxygen atoms in total. The minimum absolute atomic E-state index is 0.00162. The Morgan fingerprint density at radius 1 is 1.28 bits per heavy atom. The molecule has 7 heteroatoms. The maximum absolute atomic E-state index is 12.6. The van der Waals surface area contributed by atoms with Crippen LogP contribution in [0, 0.1) is 13.8 Å². The molecule has 0 saturated carbocycles. The quantitative estimate of drug-likeness (QED) is 0.724. The number of furan rings is 1. The predicted octanol–water partition coefficient (Wildman–Crippen LogP) is 3.67. The number of nitrogens with zero attached hydrogens (tertiary/aromatic N) is 1. The van der Waals surface area contributed by atoms with Crippen molar-refractivity contribution in [2.24, 2.45) is 0 Å². The van der Waals surface area contributed by atoms with Gasteiger partial charge in [0.2, 0.25) is 0 Å². The fraction of sp³-hybridized carbons (Fsp3) is 0.222. The van der Waals surface area contributed by atoms with E-state index >= 15 is 0 Å². The van der Waals surface area contributed by atoms with Gasteiger partial charge in [0.15, 0.2) is 0 Å². The van der Waals surface area contributed by atoms with Crippen LogP contribution in [0.1, 0.15) is 33.7 Å². The van der Waals surface area contributed by atoms with E-state index < -0.39 is 12.0 Å². The van der Waals surface area contributed by atoms with Gasteiger partial charge in [-0.25, -0.2) is 0 Å². The first-order chi connectivity index (χ1) is 12.0. The second-order valence-corrected chi connectivity index (χ2v) is 6.02. The molecule has 0 aliphatic heterocycles. The monoisotopic (exact) mass is 360 g/mol. The Kier molecular flexibility index (Phi) is 4.92. The number of benzene rings is 1. The molecule has 0 unspecified atom stereocenters. The van der Waals surface area contributed by atoms with Crippen molar-refractivity contribution in [2.45, 2.75) is 20.0 Å². The molecule has 3 rings (SSSR count). The molecule has 130 valence electrons. The van der Waals surface area contributed by atoms with Gasteiger partial charge in [0.1, 0.15) is 34.6 Å². The Hall–Kier alpha value is -2.57. The van der Waals surface area contributed by atoms with E-state index in [9.17, 15) is 9.90 Å². The van der Waals surface area contributed by atoms with Crippen molar-refractivity contribution >= 4 is 17.5 Å². The molecule has 0 aliphatic rings. The lowest BCUT2D eigenvalue weighted by atomic mass is 10.1. The van der Waals surface area contributed by atoms with Crippen LogP contribution < -0.4 is 5.32 Å². The van der Waals surface area contributed by atoms with Gasteiger partial charge in [0.25, 0.3) is 5.91 Å². The van der Waals surface area contributed by atoms with Crippen molar-refractivity contribution in [1.82, 2.24) is 10.5 Å². The molecule has 1 atom stereocenters. The molecule has 2 N–H and O–H groups in total. The number of aromatic nitrogens is 1. The average Bonchev–Trinajstić information content (AvgIpc) is 3.19. The first kappa shape index (κ1) is 17.3. The summed E-state index contributed by atoms with van der Waals surface area (Å²) < 4.78 is 10.5. The van der Waals surface area contributed by atoms with Gasteiger partial charge in [-0.1, -0.05) is 35.0 Å². The van der Waals surface area contributed by atoms with Crippen molar-refractivity contribution in [3.05, 3.63) is 64.3 Å². The summed E-state index contributed by atoms with van der Waals surface area (Å²) in [6.07, 6.45) is -0.943. The van der Waals surface area contributed by atoms with Crippen LogP contribution in [0.3, 0.4) is 0 Å². The highest BCUT2D eigenvalue weighted by Gasteiger charge is 2.23. The van der Waals surface area contributed by atoms with Crippen molar-refractivity contribution in [2.75, 3.05) is 6.54 Å². The van der Waals surface area contributed by atoms with Gasteiger partial charge in [0, 0.05) is 5.56 Å². The minimum atomic E-state index is -0.943. The maximum atomic E-state index is 12.6. The number of hydrogen-bond donors (Lipinski definition) is 2. The van der Waals surface area contributed by atoms with Crippen molar-refractivity contribution in [3.8, 4) is 11.3 Å². The SMILES string of the molecule is Cc1ccc([C@@H](O)CNC(=O)c2c(-c3ccccc3Cl)noc2C)o1. The Labute approximate surface area is 149 Å². The molecule has 2 heterocycles. The topological polar surface area (TPSA) is 88.5 Å². The molecule has 0 fully saturated rings. The van der Waals surface area contributed by atoms with Crippen molar-refractivity contribution in [1.29, 1.82) is 0 Å². The summed E-state index contributed by atoms with van der Waals surface area (Å²) in [4.78, 5) is 12.6. The molecule has 0 saturated heterocycles. The van der Waals surface area contributed by atoms with Crippen molar-refractivity contribution in [3.63, 3.8) is 0 Å². The molecule has 1 amide bonds. The summed E-state index contributed by atoms with van der Waals surface area (Å²) in [5.74, 6) is 1.05. The van der Waals surface area contributed by atoms with E-state index in [0.717, 1.165) is 0 Å². The van der Waals surface area contributed by atoms with E-state index in [1.165, 1.54) is 0 Å². The Morgan fingerprint density at radius 3 is 2.72 bits per heavy atom. The lowest BCUT2D eigenvalue weighted by Crippen LogP contribution is -2.28. The van der Waals surface area contributed by atoms with Gasteiger partial charge < -0.3 is 19.4 Å². The number of amides is 1. The number of carbonyl (C=O) groups is 1. The number of carbonyl (C=O) groups excluding carboxylic acids is 1. The number of aliphatic hydroxyl groups is 1. The highest BCUT2D eigenvalue weighted by Crippen LogP contribution is 2.31. The molecular formula is C18H17ClN2O4. The Balaban J connectivity index is 1.79. The first-order valence-corrected chi connectivity index (χ1v) is 8.09. The fourth-order valence-electron chi connectivity index (χ4n) is 2.49. The van der Waals surface area contributed by atoms with E-state index in [-0.39, 0.29) is 12.1 Å².